The molecule has 0 aliphatic heterocycles. The zero-order chi connectivity index (χ0) is 49.3. The molecule has 0 aromatic carbocycles. The summed E-state index contributed by atoms with van der Waals surface area (Å²) in [6.07, 6.45) is 71.9. The maximum atomic E-state index is 12.8. The molecule has 0 amide bonds. The van der Waals surface area contributed by atoms with Gasteiger partial charge in [0.2, 0.25) is 0 Å². The number of carbonyl (C=O) groups is 3. The summed E-state index contributed by atoms with van der Waals surface area (Å²) in [4.78, 5) is 38.1. The van der Waals surface area contributed by atoms with Crippen LogP contribution >= 0.6 is 0 Å². The summed E-state index contributed by atoms with van der Waals surface area (Å²) < 4.78 is 16.8. The molecule has 1 unspecified atom stereocenters. The molecular weight excluding hydrogens is 841 g/mol. The fourth-order valence-corrected chi connectivity index (χ4v) is 8.11. The number of unbranched alkanes of at least 4 members (excludes halogenated alkanes) is 29. The Labute approximate surface area is 421 Å². The van der Waals surface area contributed by atoms with Crippen molar-refractivity contribution in [2.24, 2.45) is 0 Å². The molecule has 6 heteroatoms. The van der Waals surface area contributed by atoms with Crippen LogP contribution in [0.15, 0.2) is 72.9 Å². The fourth-order valence-electron chi connectivity index (χ4n) is 8.11. The topological polar surface area (TPSA) is 78.9 Å². The lowest BCUT2D eigenvalue weighted by Crippen LogP contribution is -2.30. The molecule has 0 radical (unpaired) electrons. The second-order valence-corrected chi connectivity index (χ2v) is 19.2. The molecule has 0 N–H and O–H groups in total. The van der Waals surface area contributed by atoms with Crippen LogP contribution in [0.3, 0.4) is 0 Å². The first-order valence-corrected chi connectivity index (χ1v) is 28.9. The van der Waals surface area contributed by atoms with Gasteiger partial charge in [0, 0.05) is 19.3 Å². The van der Waals surface area contributed by atoms with Gasteiger partial charge in [-0.2, -0.15) is 0 Å². The summed E-state index contributed by atoms with van der Waals surface area (Å²) in [6, 6.07) is 0. The number of ether oxygens (including phenoxy) is 3. The van der Waals surface area contributed by atoms with Crippen LogP contribution in [0.1, 0.15) is 284 Å². The van der Waals surface area contributed by atoms with Crippen molar-refractivity contribution in [3.63, 3.8) is 0 Å². The maximum absolute atomic E-state index is 12.8. The monoisotopic (exact) mass is 949 g/mol. The van der Waals surface area contributed by atoms with Gasteiger partial charge >= 0.3 is 17.9 Å². The van der Waals surface area contributed by atoms with Crippen molar-refractivity contribution in [2.45, 2.75) is 290 Å². The van der Waals surface area contributed by atoms with Crippen LogP contribution in [0.2, 0.25) is 0 Å². The number of rotatable bonds is 52. The van der Waals surface area contributed by atoms with E-state index < -0.39 is 6.10 Å². The average molecular weight is 950 g/mol. The highest BCUT2D eigenvalue weighted by atomic mass is 16.6. The summed E-state index contributed by atoms with van der Waals surface area (Å²) in [5, 5.41) is 0. The summed E-state index contributed by atoms with van der Waals surface area (Å²) in [7, 11) is 0. The minimum Gasteiger partial charge on any atom is -0.462 e. The number of hydrogen-bond acceptors (Lipinski definition) is 6. The Kier molecular flexibility index (Phi) is 53.8. The number of esters is 3. The molecule has 0 aromatic heterocycles. The van der Waals surface area contributed by atoms with Gasteiger partial charge in [0.25, 0.3) is 0 Å². The first-order valence-electron chi connectivity index (χ1n) is 28.9. The van der Waals surface area contributed by atoms with Crippen LogP contribution in [0.25, 0.3) is 0 Å². The van der Waals surface area contributed by atoms with Gasteiger partial charge in [-0.1, -0.05) is 248 Å². The molecule has 0 spiro atoms. The zero-order valence-electron chi connectivity index (χ0n) is 44.9. The summed E-state index contributed by atoms with van der Waals surface area (Å²) in [6.45, 7) is 6.50. The van der Waals surface area contributed by atoms with Gasteiger partial charge in [-0.3, -0.25) is 14.4 Å². The van der Waals surface area contributed by atoms with Crippen LogP contribution in [0.5, 0.6) is 0 Å². The van der Waals surface area contributed by atoms with E-state index in [-0.39, 0.29) is 31.1 Å². The average Bonchev–Trinajstić information content (AvgIpc) is 3.34. The lowest BCUT2D eigenvalue weighted by Gasteiger charge is -2.18. The normalized spacial score (nSPS) is 12.6. The van der Waals surface area contributed by atoms with E-state index in [0.717, 1.165) is 96.3 Å². The van der Waals surface area contributed by atoms with Gasteiger partial charge in [0.15, 0.2) is 6.10 Å². The van der Waals surface area contributed by atoms with Crippen LogP contribution in [-0.2, 0) is 28.6 Å². The molecule has 1 atom stereocenters. The minimum absolute atomic E-state index is 0.0864. The van der Waals surface area contributed by atoms with E-state index in [9.17, 15) is 14.4 Å². The predicted molar refractivity (Wildman–Crippen MR) is 293 cm³/mol. The van der Waals surface area contributed by atoms with Crippen molar-refractivity contribution < 1.29 is 28.6 Å². The van der Waals surface area contributed by atoms with E-state index in [2.05, 4.69) is 93.7 Å². The molecule has 0 rings (SSSR count). The van der Waals surface area contributed by atoms with Crippen LogP contribution in [0, 0.1) is 0 Å². The SMILES string of the molecule is CC/C=C\C/C=C\C/C=C\CCCCCC(=O)OC(COC(=O)CCCCCCCCCCCC/C=C\C/C=C\C/C=C\CCCCCCC)COC(=O)CCCCCCCCCCCCCC. The standard InChI is InChI=1S/C62H108O6/c1-4-7-10-13-16-19-22-25-26-27-28-29-30-31-32-33-34-35-36-38-40-43-46-49-52-55-61(64)67-58-59(57-66-60(63)54-51-48-45-42-39-24-21-18-15-12-9-6-3)68-62(65)56-53-50-47-44-41-37-23-20-17-14-11-8-5-2/h8,11,17,20,22,25,27-28,30-31,37,41,59H,4-7,9-10,12-16,18-19,21,23-24,26,29,32-36,38-40,42-58H2,1-3H3/b11-8-,20-17-,25-22-,28-27-,31-30-,41-37-. The highest BCUT2D eigenvalue weighted by Gasteiger charge is 2.19. The second kappa shape index (κ2) is 56.4. The van der Waals surface area contributed by atoms with Crippen molar-refractivity contribution in [1.29, 1.82) is 0 Å². The van der Waals surface area contributed by atoms with Crippen LogP contribution < -0.4 is 0 Å². The van der Waals surface area contributed by atoms with Gasteiger partial charge in [-0.05, 0) is 89.9 Å². The van der Waals surface area contributed by atoms with Crippen molar-refractivity contribution in [3.05, 3.63) is 72.9 Å². The Balaban J connectivity index is 4.28. The third-order valence-electron chi connectivity index (χ3n) is 12.4. The summed E-state index contributed by atoms with van der Waals surface area (Å²) in [5.41, 5.74) is 0. The van der Waals surface area contributed by atoms with Gasteiger partial charge in [-0.25, -0.2) is 0 Å². The molecule has 68 heavy (non-hydrogen) atoms. The van der Waals surface area contributed by atoms with E-state index in [1.165, 1.54) is 148 Å². The number of carbonyl (C=O) groups excluding carboxylic acids is 3. The van der Waals surface area contributed by atoms with E-state index in [4.69, 9.17) is 14.2 Å². The van der Waals surface area contributed by atoms with Crippen molar-refractivity contribution in [3.8, 4) is 0 Å². The molecule has 0 aliphatic carbocycles. The van der Waals surface area contributed by atoms with E-state index >= 15 is 0 Å². The van der Waals surface area contributed by atoms with Crippen LogP contribution in [0.4, 0.5) is 0 Å². The Morgan fingerprint density at radius 3 is 0.912 bits per heavy atom. The molecule has 6 nitrogen and oxygen atoms in total. The molecule has 0 heterocycles. The number of hydrogen-bond donors (Lipinski definition) is 0. The zero-order valence-corrected chi connectivity index (χ0v) is 44.9. The summed E-state index contributed by atoms with van der Waals surface area (Å²) in [5.74, 6) is -0.913. The predicted octanol–water partition coefficient (Wildman–Crippen LogP) is 19.4. The third-order valence-corrected chi connectivity index (χ3v) is 12.4. The quantitative estimate of drug-likeness (QED) is 0.0262. The van der Waals surface area contributed by atoms with E-state index in [1.807, 2.05) is 0 Å². The Morgan fingerprint density at radius 2 is 0.574 bits per heavy atom. The second-order valence-electron chi connectivity index (χ2n) is 19.2. The lowest BCUT2D eigenvalue weighted by atomic mass is 10.0. The molecular formula is C62H108O6. The molecule has 392 valence electrons. The molecule has 0 aromatic rings. The van der Waals surface area contributed by atoms with Crippen LogP contribution in [-0.4, -0.2) is 37.2 Å². The largest absolute Gasteiger partial charge is 0.462 e. The van der Waals surface area contributed by atoms with Crippen molar-refractivity contribution in [2.75, 3.05) is 13.2 Å². The molecule has 0 aliphatic rings. The first-order chi connectivity index (χ1) is 33.5. The van der Waals surface area contributed by atoms with E-state index in [1.54, 1.807) is 0 Å². The van der Waals surface area contributed by atoms with Gasteiger partial charge < -0.3 is 14.2 Å². The number of allylic oxidation sites excluding steroid dienone is 12. The smallest absolute Gasteiger partial charge is 0.306 e. The minimum atomic E-state index is -0.790. The molecule has 0 saturated carbocycles. The fraction of sp³-hybridized carbons (Fsp3) is 0.758. The highest BCUT2D eigenvalue weighted by molar-refractivity contribution is 5.71. The molecule has 0 bridgehead atoms. The van der Waals surface area contributed by atoms with Gasteiger partial charge in [0.1, 0.15) is 13.2 Å². The highest BCUT2D eigenvalue weighted by Crippen LogP contribution is 2.15. The Bertz CT molecular complexity index is 1270. The lowest BCUT2D eigenvalue weighted by molar-refractivity contribution is -0.167. The Hall–Kier alpha value is -3.15. The Morgan fingerprint density at radius 1 is 0.309 bits per heavy atom. The van der Waals surface area contributed by atoms with Crippen molar-refractivity contribution >= 4 is 17.9 Å². The van der Waals surface area contributed by atoms with Gasteiger partial charge in [-0.15, -0.1) is 0 Å². The molecule has 0 fully saturated rings. The van der Waals surface area contributed by atoms with Crippen molar-refractivity contribution in [1.82, 2.24) is 0 Å². The van der Waals surface area contributed by atoms with Gasteiger partial charge in [0.05, 0.1) is 0 Å². The summed E-state index contributed by atoms with van der Waals surface area (Å²) >= 11 is 0. The third kappa shape index (κ3) is 53.8. The van der Waals surface area contributed by atoms with E-state index in [0.29, 0.717) is 19.3 Å². The first kappa shape index (κ1) is 64.8. The molecule has 0 saturated heterocycles. The maximum Gasteiger partial charge on any atom is 0.306 e.